The number of aliphatic hydroxyl groups is 1. The van der Waals surface area contributed by atoms with Gasteiger partial charge in [0.1, 0.15) is 5.76 Å². The molecule has 1 heterocycles. The van der Waals surface area contributed by atoms with Crippen molar-refractivity contribution >= 4 is 0 Å². The maximum atomic E-state index is 9.59. The molecule has 3 heteroatoms. The predicted molar refractivity (Wildman–Crippen MR) is 63.3 cm³/mol. The molecule has 1 aromatic heterocycles. The summed E-state index contributed by atoms with van der Waals surface area (Å²) in [5, 5.41) is 13.2. The van der Waals surface area contributed by atoms with Crippen molar-refractivity contribution in [3.63, 3.8) is 0 Å². The first-order valence-electron chi connectivity index (χ1n) is 6.20. The number of rotatable bonds is 4. The maximum absolute atomic E-state index is 9.59. The Morgan fingerprint density at radius 1 is 1.56 bits per heavy atom. The van der Waals surface area contributed by atoms with E-state index in [4.69, 9.17) is 4.42 Å². The minimum Gasteiger partial charge on any atom is -0.469 e. The third-order valence-corrected chi connectivity index (χ3v) is 3.25. The molecule has 1 aliphatic rings. The SMILES string of the molecule is CC(Cc1ccco1)NC1CCCC(O)C1. The summed E-state index contributed by atoms with van der Waals surface area (Å²) < 4.78 is 5.33. The second-order valence-corrected chi connectivity index (χ2v) is 4.87. The van der Waals surface area contributed by atoms with Gasteiger partial charge in [-0.1, -0.05) is 0 Å². The fourth-order valence-electron chi connectivity index (χ4n) is 2.51. The van der Waals surface area contributed by atoms with Crippen LogP contribution in [0.5, 0.6) is 0 Å². The van der Waals surface area contributed by atoms with E-state index in [9.17, 15) is 5.11 Å². The molecular weight excluding hydrogens is 202 g/mol. The van der Waals surface area contributed by atoms with Crippen LogP contribution >= 0.6 is 0 Å². The average molecular weight is 223 g/mol. The largest absolute Gasteiger partial charge is 0.469 e. The highest BCUT2D eigenvalue weighted by Crippen LogP contribution is 2.19. The van der Waals surface area contributed by atoms with Crippen LogP contribution in [0.15, 0.2) is 22.8 Å². The van der Waals surface area contributed by atoms with Gasteiger partial charge in [0.25, 0.3) is 0 Å². The second kappa shape index (κ2) is 5.51. The molecule has 16 heavy (non-hydrogen) atoms. The molecule has 1 saturated carbocycles. The van der Waals surface area contributed by atoms with Crippen LogP contribution in [0.25, 0.3) is 0 Å². The summed E-state index contributed by atoms with van der Waals surface area (Å²) in [4.78, 5) is 0. The lowest BCUT2D eigenvalue weighted by Gasteiger charge is -2.29. The standard InChI is InChI=1S/C13H21NO2/c1-10(8-13-6-3-7-16-13)14-11-4-2-5-12(15)9-11/h3,6-7,10-12,14-15H,2,4-5,8-9H2,1H3. The molecule has 0 aromatic carbocycles. The first kappa shape index (κ1) is 11.7. The number of nitrogens with one attached hydrogen (secondary N) is 1. The normalized spacial score (nSPS) is 27.9. The quantitative estimate of drug-likeness (QED) is 0.821. The fourth-order valence-corrected chi connectivity index (χ4v) is 2.51. The van der Waals surface area contributed by atoms with Gasteiger partial charge in [-0.25, -0.2) is 0 Å². The minimum atomic E-state index is -0.109. The fraction of sp³-hybridized carbons (Fsp3) is 0.692. The van der Waals surface area contributed by atoms with E-state index in [0.717, 1.165) is 31.4 Å². The average Bonchev–Trinajstić information content (AvgIpc) is 2.70. The van der Waals surface area contributed by atoms with Crippen LogP contribution in [0.4, 0.5) is 0 Å². The van der Waals surface area contributed by atoms with Gasteiger partial charge >= 0.3 is 0 Å². The molecule has 90 valence electrons. The molecule has 1 aromatic rings. The molecule has 3 atom stereocenters. The first-order valence-corrected chi connectivity index (χ1v) is 6.20. The van der Waals surface area contributed by atoms with Gasteiger partial charge in [-0.2, -0.15) is 0 Å². The summed E-state index contributed by atoms with van der Waals surface area (Å²) in [5.74, 6) is 1.02. The van der Waals surface area contributed by atoms with Crippen LogP contribution in [-0.2, 0) is 6.42 Å². The van der Waals surface area contributed by atoms with E-state index in [2.05, 4.69) is 12.2 Å². The summed E-state index contributed by atoms with van der Waals surface area (Å²) in [5.41, 5.74) is 0. The molecule has 0 bridgehead atoms. The highest BCUT2D eigenvalue weighted by Gasteiger charge is 2.21. The van der Waals surface area contributed by atoms with Gasteiger partial charge in [0.2, 0.25) is 0 Å². The summed E-state index contributed by atoms with van der Waals surface area (Å²) >= 11 is 0. The number of hydrogen-bond acceptors (Lipinski definition) is 3. The van der Waals surface area contributed by atoms with Crippen molar-refractivity contribution < 1.29 is 9.52 Å². The summed E-state index contributed by atoms with van der Waals surface area (Å²) in [6.07, 6.45) is 6.69. The Kier molecular flexibility index (Phi) is 4.02. The van der Waals surface area contributed by atoms with Crippen molar-refractivity contribution in [2.75, 3.05) is 0 Å². The van der Waals surface area contributed by atoms with Crippen molar-refractivity contribution in [3.05, 3.63) is 24.2 Å². The molecule has 0 saturated heterocycles. The number of aliphatic hydroxyl groups excluding tert-OH is 1. The third-order valence-electron chi connectivity index (χ3n) is 3.25. The van der Waals surface area contributed by atoms with Gasteiger partial charge in [0, 0.05) is 18.5 Å². The first-order chi connectivity index (χ1) is 7.74. The smallest absolute Gasteiger partial charge is 0.105 e. The van der Waals surface area contributed by atoms with Crippen molar-refractivity contribution in [2.24, 2.45) is 0 Å². The maximum Gasteiger partial charge on any atom is 0.105 e. The monoisotopic (exact) mass is 223 g/mol. The lowest BCUT2D eigenvalue weighted by Crippen LogP contribution is -2.41. The van der Waals surface area contributed by atoms with Crippen LogP contribution in [0.1, 0.15) is 38.4 Å². The highest BCUT2D eigenvalue weighted by molar-refractivity contribution is 5.00. The zero-order valence-corrected chi connectivity index (χ0v) is 9.86. The predicted octanol–water partition coefficient (Wildman–Crippen LogP) is 2.10. The lowest BCUT2D eigenvalue weighted by atomic mass is 9.92. The van der Waals surface area contributed by atoms with Gasteiger partial charge < -0.3 is 14.8 Å². The Morgan fingerprint density at radius 2 is 2.44 bits per heavy atom. The van der Waals surface area contributed by atoms with Crippen LogP contribution < -0.4 is 5.32 Å². The van der Waals surface area contributed by atoms with E-state index in [1.165, 1.54) is 6.42 Å². The number of furan rings is 1. The van der Waals surface area contributed by atoms with Crippen LogP contribution in [0.2, 0.25) is 0 Å². The molecule has 0 spiro atoms. The van der Waals surface area contributed by atoms with Crippen LogP contribution in [-0.4, -0.2) is 23.3 Å². The van der Waals surface area contributed by atoms with E-state index in [0.29, 0.717) is 12.1 Å². The van der Waals surface area contributed by atoms with E-state index < -0.39 is 0 Å². The lowest BCUT2D eigenvalue weighted by molar-refractivity contribution is 0.109. The second-order valence-electron chi connectivity index (χ2n) is 4.87. The highest BCUT2D eigenvalue weighted by atomic mass is 16.3. The van der Waals surface area contributed by atoms with Crippen LogP contribution in [0.3, 0.4) is 0 Å². The van der Waals surface area contributed by atoms with Crippen molar-refractivity contribution in [1.29, 1.82) is 0 Å². The molecule has 3 nitrogen and oxygen atoms in total. The van der Waals surface area contributed by atoms with Crippen LogP contribution in [0, 0.1) is 0 Å². The van der Waals surface area contributed by atoms with Gasteiger partial charge in [0.05, 0.1) is 12.4 Å². The third kappa shape index (κ3) is 3.35. The summed E-state index contributed by atoms with van der Waals surface area (Å²) in [6, 6.07) is 4.80. The molecule has 0 aliphatic heterocycles. The Morgan fingerprint density at radius 3 is 3.12 bits per heavy atom. The molecule has 0 amide bonds. The molecule has 2 N–H and O–H groups in total. The van der Waals surface area contributed by atoms with E-state index in [1.807, 2.05) is 12.1 Å². The van der Waals surface area contributed by atoms with Crippen molar-refractivity contribution in [1.82, 2.24) is 5.32 Å². The van der Waals surface area contributed by atoms with Gasteiger partial charge in [-0.15, -0.1) is 0 Å². The Bertz CT molecular complexity index is 297. The molecular formula is C13H21NO2. The zero-order chi connectivity index (χ0) is 11.4. The van der Waals surface area contributed by atoms with E-state index in [-0.39, 0.29) is 6.10 Å². The van der Waals surface area contributed by atoms with Crippen molar-refractivity contribution in [3.8, 4) is 0 Å². The number of hydrogen-bond donors (Lipinski definition) is 2. The topological polar surface area (TPSA) is 45.4 Å². The van der Waals surface area contributed by atoms with Gasteiger partial charge in [0.15, 0.2) is 0 Å². The van der Waals surface area contributed by atoms with Crippen molar-refractivity contribution in [2.45, 2.75) is 57.2 Å². The summed E-state index contributed by atoms with van der Waals surface area (Å²) in [7, 11) is 0. The van der Waals surface area contributed by atoms with Gasteiger partial charge in [-0.05, 0) is 44.7 Å². The zero-order valence-electron chi connectivity index (χ0n) is 9.86. The molecule has 2 rings (SSSR count). The minimum absolute atomic E-state index is 0.109. The molecule has 1 aliphatic carbocycles. The van der Waals surface area contributed by atoms with E-state index in [1.54, 1.807) is 6.26 Å². The Hall–Kier alpha value is -0.800. The van der Waals surface area contributed by atoms with Gasteiger partial charge in [-0.3, -0.25) is 0 Å². The van der Waals surface area contributed by atoms with E-state index >= 15 is 0 Å². The molecule has 1 fully saturated rings. The Labute approximate surface area is 96.8 Å². The Balaban J connectivity index is 1.76. The summed E-state index contributed by atoms with van der Waals surface area (Å²) in [6.45, 7) is 2.17. The molecule has 3 unspecified atom stereocenters. The molecule has 0 radical (unpaired) electrons.